The molecule has 0 spiro atoms. The van der Waals surface area contributed by atoms with Crippen molar-refractivity contribution in [1.29, 1.82) is 0 Å². The lowest BCUT2D eigenvalue weighted by molar-refractivity contribution is 0.675. The third kappa shape index (κ3) is 2.82. The lowest BCUT2D eigenvalue weighted by atomic mass is 10.2. The fourth-order valence-corrected chi connectivity index (χ4v) is 3.64. The monoisotopic (exact) mass is 297 g/mol. The van der Waals surface area contributed by atoms with Gasteiger partial charge in [0.25, 0.3) is 0 Å². The number of nitrogen functional groups attached to an aromatic ring is 1. The Labute approximate surface area is 120 Å². The lowest BCUT2D eigenvalue weighted by Gasteiger charge is -2.08. The van der Waals surface area contributed by atoms with Crippen LogP contribution in [0.15, 0.2) is 23.1 Å². The molecule has 19 heavy (non-hydrogen) atoms. The molecule has 0 aliphatic carbocycles. The second kappa shape index (κ2) is 5.35. The van der Waals surface area contributed by atoms with Gasteiger partial charge in [0, 0.05) is 17.6 Å². The number of anilines is 1. The molecule has 0 radical (unpaired) electrons. The van der Waals surface area contributed by atoms with Crippen LogP contribution in [0.1, 0.15) is 17.0 Å². The van der Waals surface area contributed by atoms with Crippen molar-refractivity contribution in [2.24, 2.45) is 7.05 Å². The van der Waals surface area contributed by atoms with Gasteiger partial charge in [0.15, 0.2) is 0 Å². The van der Waals surface area contributed by atoms with Crippen LogP contribution in [0.3, 0.4) is 0 Å². The Hall–Kier alpha value is -1.33. The molecule has 1 heterocycles. The minimum absolute atomic E-state index is 0.334. The van der Waals surface area contributed by atoms with Crippen LogP contribution in [-0.2, 0) is 23.6 Å². The number of benzene rings is 1. The van der Waals surface area contributed by atoms with E-state index in [1.165, 1.54) is 0 Å². The van der Waals surface area contributed by atoms with E-state index in [4.69, 9.17) is 17.3 Å². The molecule has 0 bridgehead atoms. The van der Waals surface area contributed by atoms with Gasteiger partial charge < -0.3 is 5.73 Å². The van der Waals surface area contributed by atoms with Gasteiger partial charge >= 0.3 is 0 Å². The maximum absolute atomic E-state index is 12.5. The standard InChI is InChI=1S/C13H16ClN3OS/c1-8-4-5-10(15)6-12(8)19(18)7-11-13(14)9(2)16-17(11)3/h4-6H,7,15H2,1-3H3. The Morgan fingerprint density at radius 1 is 1.42 bits per heavy atom. The third-order valence-corrected chi connectivity index (χ3v) is 4.94. The van der Waals surface area contributed by atoms with E-state index in [2.05, 4.69) is 5.10 Å². The van der Waals surface area contributed by atoms with Crippen LogP contribution in [0.2, 0.25) is 5.02 Å². The highest BCUT2D eigenvalue weighted by Crippen LogP contribution is 2.24. The summed E-state index contributed by atoms with van der Waals surface area (Å²) in [4.78, 5) is 0.745. The largest absolute Gasteiger partial charge is 0.399 e. The van der Waals surface area contributed by atoms with Gasteiger partial charge in [-0.1, -0.05) is 17.7 Å². The number of rotatable bonds is 3. The predicted octanol–water partition coefficient (Wildman–Crippen LogP) is 2.58. The second-order valence-electron chi connectivity index (χ2n) is 4.48. The van der Waals surface area contributed by atoms with E-state index in [1.807, 2.05) is 19.9 Å². The summed E-state index contributed by atoms with van der Waals surface area (Å²) < 4.78 is 14.1. The van der Waals surface area contributed by atoms with Crippen molar-refractivity contribution >= 4 is 28.1 Å². The summed E-state index contributed by atoms with van der Waals surface area (Å²) in [6, 6.07) is 5.43. The Kier molecular flexibility index (Phi) is 3.96. The Bertz CT molecular complexity index is 652. The van der Waals surface area contributed by atoms with Crippen molar-refractivity contribution in [3.8, 4) is 0 Å². The summed E-state index contributed by atoms with van der Waals surface area (Å²) in [6.45, 7) is 3.75. The fourth-order valence-electron chi connectivity index (χ4n) is 1.90. The van der Waals surface area contributed by atoms with Crippen molar-refractivity contribution in [1.82, 2.24) is 9.78 Å². The summed E-state index contributed by atoms with van der Waals surface area (Å²) in [6.07, 6.45) is 0. The molecule has 0 saturated heterocycles. The van der Waals surface area contributed by atoms with E-state index in [-0.39, 0.29) is 0 Å². The molecule has 2 aromatic rings. The Morgan fingerprint density at radius 2 is 2.11 bits per heavy atom. The van der Waals surface area contributed by atoms with Crippen LogP contribution in [0.25, 0.3) is 0 Å². The van der Waals surface area contributed by atoms with Gasteiger partial charge in [-0.25, -0.2) is 0 Å². The number of halogens is 1. The number of hydrogen-bond donors (Lipinski definition) is 1. The van der Waals surface area contributed by atoms with Gasteiger partial charge in [-0.05, 0) is 31.5 Å². The number of hydrogen-bond acceptors (Lipinski definition) is 3. The quantitative estimate of drug-likeness (QED) is 0.886. The molecule has 1 atom stereocenters. The molecule has 0 saturated carbocycles. The maximum Gasteiger partial charge on any atom is 0.0856 e. The molecule has 1 aromatic heterocycles. The Morgan fingerprint density at radius 3 is 2.68 bits per heavy atom. The van der Waals surface area contributed by atoms with Gasteiger partial charge in [-0.3, -0.25) is 8.89 Å². The Balaban J connectivity index is 2.33. The van der Waals surface area contributed by atoms with Crippen LogP contribution < -0.4 is 5.73 Å². The van der Waals surface area contributed by atoms with Crippen molar-refractivity contribution in [2.75, 3.05) is 5.73 Å². The number of nitrogens with two attached hydrogens (primary N) is 1. The number of aryl methyl sites for hydroxylation is 3. The van der Waals surface area contributed by atoms with Crippen molar-refractivity contribution in [3.63, 3.8) is 0 Å². The average Bonchev–Trinajstić information content (AvgIpc) is 2.59. The van der Waals surface area contributed by atoms with Gasteiger partial charge in [0.2, 0.25) is 0 Å². The summed E-state index contributed by atoms with van der Waals surface area (Å²) >= 11 is 6.17. The van der Waals surface area contributed by atoms with E-state index in [9.17, 15) is 4.21 Å². The maximum atomic E-state index is 12.5. The van der Waals surface area contributed by atoms with E-state index in [0.29, 0.717) is 16.5 Å². The highest BCUT2D eigenvalue weighted by molar-refractivity contribution is 7.84. The van der Waals surface area contributed by atoms with Crippen LogP contribution >= 0.6 is 11.6 Å². The molecular weight excluding hydrogens is 282 g/mol. The van der Waals surface area contributed by atoms with Crippen molar-refractivity contribution < 1.29 is 4.21 Å². The van der Waals surface area contributed by atoms with Crippen LogP contribution in [0.4, 0.5) is 5.69 Å². The SMILES string of the molecule is Cc1ccc(N)cc1S(=O)Cc1c(Cl)c(C)nn1C. The highest BCUT2D eigenvalue weighted by atomic mass is 35.5. The van der Waals surface area contributed by atoms with Gasteiger partial charge in [0.05, 0.1) is 33.0 Å². The molecule has 0 fully saturated rings. The minimum Gasteiger partial charge on any atom is -0.399 e. The zero-order chi connectivity index (χ0) is 14.2. The predicted molar refractivity (Wildman–Crippen MR) is 78.7 cm³/mol. The molecule has 2 N–H and O–H groups in total. The first-order valence-electron chi connectivity index (χ1n) is 5.82. The molecule has 102 valence electrons. The van der Waals surface area contributed by atoms with Crippen molar-refractivity contribution in [2.45, 2.75) is 24.5 Å². The summed E-state index contributed by atoms with van der Waals surface area (Å²) in [5.41, 5.74) is 8.85. The van der Waals surface area contributed by atoms with Gasteiger partial charge in [0.1, 0.15) is 0 Å². The topological polar surface area (TPSA) is 60.9 Å². The van der Waals surface area contributed by atoms with Crippen LogP contribution in [0.5, 0.6) is 0 Å². The van der Waals surface area contributed by atoms with E-state index < -0.39 is 10.8 Å². The molecule has 2 rings (SSSR count). The second-order valence-corrected chi connectivity index (χ2v) is 6.28. The average molecular weight is 298 g/mol. The summed E-state index contributed by atoms with van der Waals surface area (Å²) in [5, 5.41) is 4.80. The molecule has 0 aliphatic heterocycles. The first-order valence-corrected chi connectivity index (χ1v) is 7.52. The van der Waals surface area contributed by atoms with Gasteiger partial charge in [-0.15, -0.1) is 0 Å². The van der Waals surface area contributed by atoms with Gasteiger partial charge in [-0.2, -0.15) is 5.10 Å². The molecule has 1 unspecified atom stereocenters. The minimum atomic E-state index is -1.19. The first kappa shape index (κ1) is 14.1. The molecule has 6 heteroatoms. The lowest BCUT2D eigenvalue weighted by Crippen LogP contribution is -2.05. The molecular formula is C13H16ClN3OS. The number of aromatic nitrogens is 2. The fraction of sp³-hybridized carbons (Fsp3) is 0.308. The van der Waals surface area contributed by atoms with E-state index >= 15 is 0 Å². The normalized spacial score (nSPS) is 12.6. The van der Waals surface area contributed by atoms with Crippen molar-refractivity contribution in [3.05, 3.63) is 40.2 Å². The molecule has 0 aliphatic rings. The molecule has 1 aromatic carbocycles. The zero-order valence-electron chi connectivity index (χ0n) is 11.1. The smallest absolute Gasteiger partial charge is 0.0856 e. The van der Waals surface area contributed by atoms with Crippen LogP contribution in [-0.4, -0.2) is 14.0 Å². The molecule has 0 amide bonds. The summed E-state index contributed by atoms with van der Waals surface area (Å²) in [7, 11) is 0.614. The van der Waals surface area contributed by atoms with E-state index in [1.54, 1.807) is 23.9 Å². The first-order chi connectivity index (χ1) is 8.90. The highest BCUT2D eigenvalue weighted by Gasteiger charge is 2.16. The zero-order valence-corrected chi connectivity index (χ0v) is 12.7. The molecule has 4 nitrogen and oxygen atoms in total. The van der Waals surface area contributed by atoms with E-state index in [0.717, 1.165) is 21.8 Å². The van der Waals surface area contributed by atoms with Crippen LogP contribution in [0, 0.1) is 13.8 Å². The third-order valence-electron chi connectivity index (χ3n) is 2.99. The summed E-state index contributed by atoms with van der Waals surface area (Å²) in [5.74, 6) is 0.334. The number of nitrogens with zero attached hydrogens (tertiary/aromatic N) is 2.